The third kappa shape index (κ3) is 4.38. The van der Waals surface area contributed by atoms with Gasteiger partial charge in [-0.2, -0.15) is 5.10 Å². The van der Waals surface area contributed by atoms with Crippen LogP contribution in [0.25, 0.3) is 0 Å². The summed E-state index contributed by atoms with van der Waals surface area (Å²) in [4.78, 5) is 9.43. The first-order chi connectivity index (χ1) is 12.2. The van der Waals surface area contributed by atoms with Gasteiger partial charge in [-0.25, -0.2) is 9.67 Å². The van der Waals surface area contributed by atoms with Gasteiger partial charge in [0.1, 0.15) is 17.9 Å². The zero-order chi connectivity index (χ0) is 17.6. The Morgan fingerprint density at radius 3 is 2.76 bits per heavy atom. The van der Waals surface area contributed by atoms with Gasteiger partial charge in [0.15, 0.2) is 0 Å². The SMILES string of the molecule is CCOc1ccccc1CN1CCN(Cc2ncnn2CC)[C@@H](C)C1. The van der Waals surface area contributed by atoms with Crippen molar-refractivity contribution >= 4 is 0 Å². The molecule has 1 fully saturated rings. The minimum Gasteiger partial charge on any atom is -0.494 e. The molecule has 0 N–H and O–H groups in total. The molecule has 136 valence electrons. The van der Waals surface area contributed by atoms with Crippen LogP contribution in [0.3, 0.4) is 0 Å². The summed E-state index contributed by atoms with van der Waals surface area (Å²) in [6.45, 7) is 13.0. The summed E-state index contributed by atoms with van der Waals surface area (Å²) in [5.41, 5.74) is 1.27. The van der Waals surface area contributed by atoms with Crippen molar-refractivity contribution in [1.82, 2.24) is 24.6 Å². The first-order valence-electron chi connectivity index (χ1n) is 9.25. The zero-order valence-electron chi connectivity index (χ0n) is 15.6. The van der Waals surface area contributed by atoms with Crippen LogP contribution in [-0.2, 0) is 19.6 Å². The van der Waals surface area contributed by atoms with E-state index in [9.17, 15) is 0 Å². The molecule has 1 atom stereocenters. The number of para-hydroxylation sites is 1. The smallest absolute Gasteiger partial charge is 0.141 e. The van der Waals surface area contributed by atoms with Crippen LogP contribution in [0.2, 0.25) is 0 Å². The van der Waals surface area contributed by atoms with Gasteiger partial charge in [0.05, 0.1) is 13.2 Å². The van der Waals surface area contributed by atoms with E-state index in [4.69, 9.17) is 4.74 Å². The van der Waals surface area contributed by atoms with Gasteiger partial charge in [-0.05, 0) is 26.8 Å². The Hall–Kier alpha value is -1.92. The van der Waals surface area contributed by atoms with Gasteiger partial charge < -0.3 is 4.74 Å². The minimum absolute atomic E-state index is 0.495. The molecular weight excluding hydrogens is 314 g/mol. The summed E-state index contributed by atoms with van der Waals surface area (Å²) in [6, 6.07) is 8.87. The number of benzene rings is 1. The Kier molecular flexibility index (Phi) is 6.04. The fourth-order valence-corrected chi connectivity index (χ4v) is 3.48. The maximum atomic E-state index is 5.77. The van der Waals surface area contributed by atoms with Gasteiger partial charge >= 0.3 is 0 Å². The molecule has 0 saturated carbocycles. The van der Waals surface area contributed by atoms with Crippen LogP contribution in [0.15, 0.2) is 30.6 Å². The molecule has 0 radical (unpaired) electrons. The van der Waals surface area contributed by atoms with E-state index in [2.05, 4.69) is 51.9 Å². The minimum atomic E-state index is 0.495. The Labute approximate surface area is 150 Å². The maximum absolute atomic E-state index is 5.77. The van der Waals surface area contributed by atoms with E-state index in [1.165, 1.54) is 5.56 Å². The monoisotopic (exact) mass is 343 g/mol. The van der Waals surface area contributed by atoms with E-state index >= 15 is 0 Å². The third-order valence-electron chi connectivity index (χ3n) is 4.86. The Bertz CT molecular complexity index is 671. The molecule has 1 aromatic carbocycles. The molecular formula is C19H29N5O. The first-order valence-corrected chi connectivity index (χ1v) is 9.25. The molecule has 0 unspecified atom stereocenters. The quantitative estimate of drug-likeness (QED) is 0.772. The van der Waals surface area contributed by atoms with Crippen molar-refractivity contribution in [2.24, 2.45) is 0 Å². The normalized spacial score (nSPS) is 19.2. The van der Waals surface area contributed by atoms with Crippen LogP contribution in [-0.4, -0.2) is 56.8 Å². The number of hydrogen-bond acceptors (Lipinski definition) is 5. The summed E-state index contributed by atoms with van der Waals surface area (Å²) in [6.07, 6.45) is 1.66. The van der Waals surface area contributed by atoms with Crippen molar-refractivity contribution in [3.63, 3.8) is 0 Å². The summed E-state index contributed by atoms with van der Waals surface area (Å²) in [5.74, 6) is 2.07. The standard InChI is InChI=1S/C19H29N5O/c1-4-24-19(20-15-21-24)14-23-11-10-22(12-16(23)3)13-17-8-6-7-9-18(17)25-5-2/h6-9,15-16H,4-5,10-14H2,1-3H3/t16-/m0/s1. The van der Waals surface area contributed by atoms with E-state index in [1.54, 1.807) is 6.33 Å². The number of rotatable bonds is 7. The van der Waals surface area contributed by atoms with E-state index in [-0.39, 0.29) is 0 Å². The molecule has 0 amide bonds. The van der Waals surface area contributed by atoms with Gasteiger partial charge in [0, 0.05) is 44.3 Å². The fraction of sp³-hybridized carbons (Fsp3) is 0.579. The number of aromatic nitrogens is 3. The van der Waals surface area contributed by atoms with Crippen molar-refractivity contribution < 1.29 is 4.74 Å². The molecule has 6 heteroatoms. The molecule has 2 heterocycles. The molecule has 1 saturated heterocycles. The summed E-state index contributed by atoms with van der Waals surface area (Å²) >= 11 is 0. The van der Waals surface area contributed by atoms with Crippen molar-refractivity contribution in [3.8, 4) is 5.75 Å². The van der Waals surface area contributed by atoms with E-state index in [0.717, 1.165) is 50.8 Å². The topological polar surface area (TPSA) is 46.4 Å². The van der Waals surface area contributed by atoms with E-state index < -0.39 is 0 Å². The average molecular weight is 343 g/mol. The number of aryl methyl sites for hydroxylation is 1. The van der Waals surface area contributed by atoms with Crippen LogP contribution < -0.4 is 4.74 Å². The first kappa shape index (κ1) is 17.9. The van der Waals surface area contributed by atoms with Crippen molar-refractivity contribution in [3.05, 3.63) is 42.0 Å². The Morgan fingerprint density at radius 1 is 1.16 bits per heavy atom. The van der Waals surface area contributed by atoms with Gasteiger partial charge in [0.2, 0.25) is 0 Å². The number of piperazine rings is 1. The van der Waals surface area contributed by atoms with Crippen molar-refractivity contribution in [2.45, 2.75) is 46.4 Å². The van der Waals surface area contributed by atoms with Gasteiger partial charge in [-0.15, -0.1) is 0 Å². The van der Waals surface area contributed by atoms with Gasteiger partial charge in [0.25, 0.3) is 0 Å². The molecule has 1 aliphatic rings. The fourth-order valence-electron chi connectivity index (χ4n) is 3.48. The lowest BCUT2D eigenvalue weighted by molar-refractivity contribution is 0.0697. The van der Waals surface area contributed by atoms with Crippen LogP contribution >= 0.6 is 0 Å². The van der Waals surface area contributed by atoms with Gasteiger partial charge in [-0.1, -0.05) is 18.2 Å². The molecule has 0 aliphatic carbocycles. The Balaban J connectivity index is 1.58. The van der Waals surface area contributed by atoms with Crippen molar-refractivity contribution in [2.75, 3.05) is 26.2 Å². The molecule has 3 rings (SSSR count). The average Bonchev–Trinajstić information content (AvgIpc) is 3.06. The highest BCUT2D eigenvalue weighted by Gasteiger charge is 2.25. The van der Waals surface area contributed by atoms with Crippen LogP contribution in [0.5, 0.6) is 5.75 Å². The second-order valence-electron chi connectivity index (χ2n) is 6.59. The third-order valence-corrected chi connectivity index (χ3v) is 4.86. The highest BCUT2D eigenvalue weighted by atomic mass is 16.5. The van der Waals surface area contributed by atoms with Crippen molar-refractivity contribution in [1.29, 1.82) is 0 Å². The highest BCUT2D eigenvalue weighted by Crippen LogP contribution is 2.22. The predicted molar refractivity (Wildman–Crippen MR) is 98.5 cm³/mol. The summed E-state index contributed by atoms with van der Waals surface area (Å²) in [7, 11) is 0. The van der Waals surface area contributed by atoms with Crippen LogP contribution in [0, 0.1) is 0 Å². The molecule has 2 aromatic rings. The number of nitrogens with zero attached hydrogens (tertiary/aromatic N) is 5. The van der Waals surface area contributed by atoms with E-state index in [0.29, 0.717) is 12.6 Å². The number of ether oxygens (including phenoxy) is 1. The Morgan fingerprint density at radius 2 is 2.00 bits per heavy atom. The maximum Gasteiger partial charge on any atom is 0.141 e. The summed E-state index contributed by atoms with van der Waals surface area (Å²) < 4.78 is 7.75. The van der Waals surface area contributed by atoms with Gasteiger partial charge in [-0.3, -0.25) is 9.80 Å². The molecule has 25 heavy (non-hydrogen) atoms. The predicted octanol–water partition coefficient (Wildman–Crippen LogP) is 2.40. The molecule has 1 aliphatic heterocycles. The zero-order valence-corrected chi connectivity index (χ0v) is 15.6. The molecule has 6 nitrogen and oxygen atoms in total. The molecule has 1 aromatic heterocycles. The van der Waals surface area contributed by atoms with Crippen LogP contribution in [0.4, 0.5) is 0 Å². The lowest BCUT2D eigenvalue weighted by Crippen LogP contribution is -2.51. The largest absolute Gasteiger partial charge is 0.494 e. The lowest BCUT2D eigenvalue weighted by Gasteiger charge is -2.39. The number of hydrogen-bond donors (Lipinski definition) is 0. The van der Waals surface area contributed by atoms with E-state index in [1.807, 2.05) is 17.7 Å². The molecule has 0 bridgehead atoms. The summed E-state index contributed by atoms with van der Waals surface area (Å²) in [5, 5.41) is 4.28. The second kappa shape index (κ2) is 8.45. The van der Waals surface area contributed by atoms with Crippen LogP contribution in [0.1, 0.15) is 32.2 Å². The highest BCUT2D eigenvalue weighted by molar-refractivity contribution is 5.33. The molecule has 0 spiro atoms. The second-order valence-corrected chi connectivity index (χ2v) is 6.59. The lowest BCUT2D eigenvalue weighted by atomic mass is 10.1.